The zero-order valence-electron chi connectivity index (χ0n) is 10.5. The van der Waals surface area contributed by atoms with Crippen LogP contribution in [0.15, 0.2) is 30.9 Å². The molecule has 1 nitrogen and oxygen atoms in total. The van der Waals surface area contributed by atoms with Crippen molar-refractivity contribution in [1.29, 1.82) is 0 Å². The Morgan fingerprint density at radius 2 is 2.12 bits per heavy atom. The molecule has 1 rings (SSSR count). The fraction of sp³-hybridized carbons (Fsp3) is 0.400. The molecule has 1 radical (unpaired) electrons. The highest BCUT2D eigenvalue weighted by Gasteiger charge is 2.12. The molecular formula is C15H21O. The molecule has 1 aromatic rings. The van der Waals surface area contributed by atoms with Crippen LogP contribution in [0.4, 0.5) is 0 Å². The second kappa shape index (κ2) is 6.37. The SMILES string of the molecule is C=C[C](C)c1cccc(CCC)c1OCC. The lowest BCUT2D eigenvalue weighted by molar-refractivity contribution is 0.334. The summed E-state index contributed by atoms with van der Waals surface area (Å²) in [6.45, 7) is 10.8. The van der Waals surface area contributed by atoms with Gasteiger partial charge in [0, 0.05) is 11.5 Å². The summed E-state index contributed by atoms with van der Waals surface area (Å²) >= 11 is 0. The van der Waals surface area contributed by atoms with Crippen LogP contribution in [0.1, 0.15) is 38.3 Å². The predicted octanol–water partition coefficient (Wildman–Crippen LogP) is 4.17. The van der Waals surface area contributed by atoms with Gasteiger partial charge in [0.1, 0.15) is 5.75 Å². The van der Waals surface area contributed by atoms with Gasteiger partial charge in [-0.1, -0.05) is 44.5 Å². The Kier molecular flexibility index (Phi) is 5.10. The van der Waals surface area contributed by atoms with Crippen LogP contribution in [0.2, 0.25) is 0 Å². The number of ether oxygens (including phenoxy) is 1. The van der Waals surface area contributed by atoms with Crippen molar-refractivity contribution in [2.75, 3.05) is 6.61 Å². The molecule has 0 bridgehead atoms. The minimum absolute atomic E-state index is 0.706. The normalized spacial score (nSPS) is 10.5. The van der Waals surface area contributed by atoms with E-state index in [-0.39, 0.29) is 0 Å². The average molecular weight is 217 g/mol. The Labute approximate surface area is 99.1 Å². The topological polar surface area (TPSA) is 9.23 Å². The number of hydrogen-bond donors (Lipinski definition) is 0. The average Bonchev–Trinajstić information content (AvgIpc) is 2.31. The first-order valence-electron chi connectivity index (χ1n) is 5.95. The molecule has 0 aliphatic carbocycles. The zero-order chi connectivity index (χ0) is 12.0. The van der Waals surface area contributed by atoms with Crippen LogP contribution in [0.25, 0.3) is 0 Å². The fourth-order valence-corrected chi connectivity index (χ4v) is 1.79. The highest BCUT2D eigenvalue weighted by Crippen LogP contribution is 2.31. The van der Waals surface area contributed by atoms with Crippen molar-refractivity contribution in [2.45, 2.75) is 33.6 Å². The molecule has 87 valence electrons. The van der Waals surface area contributed by atoms with E-state index < -0.39 is 0 Å². The number of hydrogen-bond acceptors (Lipinski definition) is 1. The molecule has 0 aromatic heterocycles. The van der Waals surface area contributed by atoms with Gasteiger partial charge < -0.3 is 4.74 Å². The molecule has 0 amide bonds. The van der Waals surface area contributed by atoms with E-state index in [1.807, 2.05) is 13.0 Å². The van der Waals surface area contributed by atoms with Crippen LogP contribution < -0.4 is 4.74 Å². The Morgan fingerprint density at radius 1 is 1.38 bits per heavy atom. The van der Waals surface area contributed by atoms with Gasteiger partial charge >= 0.3 is 0 Å². The number of allylic oxidation sites excluding steroid dienone is 1. The zero-order valence-corrected chi connectivity index (χ0v) is 10.5. The molecule has 0 unspecified atom stereocenters. The van der Waals surface area contributed by atoms with E-state index in [4.69, 9.17) is 4.74 Å². The van der Waals surface area contributed by atoms with Gasteiger partial charge in [-0.05, 0) is 18.9 Å². The first-order chi connectivity index (χ1) is 7.74. The van der Waals surface area contributed by atoms with Crippen LogP contribution in [-0.4, -0.2) is 6.61 Å². The molecule has 0 saturated heterocycles. The predicted molar refractivity (Wildman–Crippen MR) is 69.8 cm³/mol. The summed E-state index contributed by atoms with van der Waals surface area (Å²) in [7, 11) is 0. The van der Waals surface area contributed by atoms with Crippen molar-refractivity contribution in [1.82, 2.24) is 0 Å². The summed E-state index contributed by atoms with van der Waals surface area (Å²) in [5, 5.41) is 0. The minimum atomic E-state index is 0.706. The summed E-state index contributed by atoms with van der Waals surface area (Å²) in [6, 6.07) is 6.34. The maximum Gasteiger partial charge on any atom is 0.126 e. The van der Waals surface area contributed by atoms with Crippen LogP contribution in [0, 0.1) is 5.92 Å². The standard InChI is InChI=1S/C15H21O/c1-5-9-13-10-8-11-14(12(4)6-2)15(13)16-7-3/h6,8,10-11H,2,5,7,9H2,1,3-4H3. The van der Waals surface area contributed by atoms with E-state index in [1.165, 1.54) is 17.0 Å². The van der Waals surface area contributed by atoms with Gasteiger partial charge in [-0.3, -0.25) is 0 Å². The van der Waals surface area contributed by atoms with Crippen molar-refractivity contribution < 1.29 is 4.74 Å². The third kappa shape index (κ3) is 2.88. The Morgan fingerprint density at radius 3 is 2.69 bits per heavy atom. The highest BCUT2D eigenvalue weighted by molar-refractivity contribution is 5.50. The highest BCUT2D eigenvalue weighted by atomic mass is 16.5. The second-order valence-corrected chi connectivity index (χ2v) is 3.86. The largest absolute Gasteiger partial charge is 0.493 e. The minimum Gasteiger partial charge on any atom is -0.493 e. The first kappa shape index (κ1) is 12.8. The van der Waals surface area contributed by atoms with Gasteiger partial charge in [-0.2, -0.15) is 0 Å². The van der Waals surface area contributed by atoms with E-state index in [2.05, 4.69) is 38.6 Å². The summed E-state index contributed by atoms with van der Waals surface area (Å²) in [5.74, 6) is 2.20. The lowest BCUT2D eigenvalue weighted by Crippen LogP contribution is -2.03. The van der Waals surface area contributed by atoms with E-state index in [0.29, 0.717) is 6.61 Å². The van der Waals surface area contributed by atoms with Gasteiger partial charge in [-0.25, -0.2) is 0 Å². The van der Waals surface area contributed by atoms with Crippen molar-refractivity contribution in [3.63, 3.8) is 0 Å². The smallest absolute Gasteiger partial charge is 0.126 e. The molecule has 0 N–H and O–H groups in total. The van der Waals surface area contributed by atoms with Gasteiger partial charge in [0.25, 0.3) is 0 Å². The summed E-state index contributed by atoms with van der Waals surface area (Å²) in [6.07, 6.45) is 4.08. The molecular weight excluding hydrogens is 196 g/mol. The summed E-state index contributed by atoms with van der Waals surface area (Å²) in [4.78, 5) is 0. The number of benzene rings is 1. The van der Waals surface area contributed by atoms with Crippen LogP contribution >= 0.6 is 0 Å². The number of aryl methyl sites for hydroxylation is 1. The van der Waals surface area contributed by atoms with Gasteiger partial charge in [0.15, 0.2) is 0 Å². The van der Waals surface area contributed by atoms with E-state index in [1.54, 1.807) is 0 Å². The fourth-order valence-electron chi connectivity index (χ4n) is 1.79. The molecule has 1 aromatic carbocycles. The van der Waals surface area contributed by atoms with Crippen molar-refractivity contribution in [2.24, 2.45) is 0 Å². The molecule has 0 aliphatic heterocycles. The summed E-state index contributed by atoms with van der Waals surface area (Å²) < 4.78 is 5.78. The number of rotatable bonds is 6. The molecule has 16 heavy (non-hydrogen) atoms. The Hall–Kier alpha value is -1.24. The van der Waals surface area contributed by atoms with E-state index >= 15 is 0 Å². The van der Waals surface area contributed by atoms with Crippen LogP contribution in [0.5, 0.6) is 5.75 Å². The summed E-state index contributed by atoms with van der Waals surface area (Å²) in [5.41, 5.74) is 2.46. The number of para-hydroxylation sites is 1. The van der Waals surface area contributed by atoms with Crippen LogP contribution in [0.3, 0.4) is 0 Å². The molecule has 0 heterocycles. The molecule has 0 saturated carbocycles. The van der Waals surface area contributed by atoms with Gasteiger partial charge in [0.05, 0.1) is 6.61 Å². The maximum absolute atomic E-state index is 5.78. The lowest BCUT2D eigenvalue weighted by Gasteiger charge is -2.17. The van der Waals surface area contributed by atoms with Crippen molar-refractivity contribution in [3.05, 3.63) is 47.9 Å². The maximum atomic E-state index is 5.78. The van der Waals surface area contributed by atoms with Crippen molar-refractivity contribution in [3.8, 4) is 5.75 Å². The first-order valence-corrected chi connectivity index (χ1v) is 5.95. The Balaban J connectivity index is 3.14. The van der Waals surface area contributed by atoms with Gasteiger partial charge in [-0.15, -0.1) is 6.58 Å². The molecule has 0 aliphatic rings. The monoisotopic (exact) mass is 217 g/mol. The quantitative estimate of drug-likeness (QED) is 0.695. The lowest BCUT2D eigenvalue weighted by atomic mass is 9.96. The molecule has 1 heteroatoms. The van der Waals surface area contributed by atoms with E-state index in [0.717, 1.165) is 18.6 Å². The molecule has 0 atom stereocenters. The third-order valence-electron chi connectivity index (χ3n) is 2.64. The second-order valence-electron chi connectivity index (χ2n) is 3.86. The molecule has 0 spiro atoms. The van der Waals surface area contributed by atoms with E-state index in [9.17, 15) is 0 Å². The molecule has 0 fully saturated rings. The van der Waals surface area contributed by atoms with Crippen molar-refractivity contribution >= 4 is 0 Å². The third-order valence-corrected chi connectivity index (χ3v) is 2.64. The Bertz CT molecular complexity index is 341. The van der Waals surface area contributed by atoms with Crippen LogP contribution in [-0.2, 0) is 6.42 Å². The van der Waals surface area contributed by atoms with Gasteiger partial charge in [0.2, 0.25) is 0 Å².